The van der Waals surface area contributed by atoms with Crippen LogP contribution < -0.4 is 5.32 Å². The molecule has 0 aromatic carbocycles. The Kier molecular flexibility index (Phi) is 4.21. The van der Waals surface area contributed by atoms with Crippen LogP contribution in [0.25, 0.3) is 0 Å². The minimum Gasteiger partial charge on any atom is -0.468 e. The molecule has 1 aromatic rings. The first-order valence-corrected chi connectivity index (χ1v) is 7.54. The molecule has 2 aliphatic rings. The van der Waals surface area contributed by atoms with Gasteiger partial charge in [0.1, 0.15) is 5.76 Å². The van der Waals surface area contributed by atoms with E-state index in [1.54, 1.807) is 6.26 Å². The van der Waals surface area contributed by atoms with Gasteiger partial charge in [-0.3, -0.25) is 9.80 Å². The zero-order chi connectivity index (χ0) is 13.1. The molecule has 2 atom stereocenters. The average Bonchev–Trinajstić information content (AvgIpc) is 3.08. The highest BCUT2D eigenvalue weighted by atomic mass is 16.3. The smallest absolute Gasteiger partial charge is 0.117 e. The van der Waals surface area contributed by atoms with E-state index in [1.165, 1.54) is 39.0 Å². The van der Waals surface area contributed by atoms with Crippen LogP contribution in [0.3, 0.4) is 0 Å². The quantitative estimate of drug-likeness (QED) is 0.873. The van der Waals surface area contributed by atoms with Crippen LogP contribution in [0.15, 0.2) is 22.8 Å². The highest BCUT2D eigenvalue weighted by molar-refractivity contribution is 4.97. The van der Waals surface area contributed by atoms with Gasteiger partial charge in [0.15, 0.2) is 0 Å². The minimum atomic E-state index is 0.609. The summed E-state index contributed by atoms with van der Waals surface area (Å²) >= 11 is 0. The van der Waals surface area contributed by atoms with Crippen molar-refractivity contribution in [3.63, 3.8) is 0 Å². The molecular weight excluding hydrogens is 238 g/mol. The largest absolute Gasteiger partial charge is 0.468 e. The van der Waals surface area contributed by atoms with Crippen LogP contribution in [0.5, 0.6) is 0 Å². The van der Waals surface area contributed by atoms with Gasteiger partial charge in [-0.25, -0.2) is 0 Å². The van der Waals surface area contributed by atoms with Gasteiger partial charge in [0.25, 0.3) is 0 Å². The minimum absolute atomic E-state index is 0.609. The van der Waals surface area contributed by atoms with Crippen molar-refractivity contribution in [3.8, 4) is 0 Å². The Hall–Kier alpha value is -0.840. The summed E-state index contributed by atoms with van der Waals surface area (Å²) < 4.78 is 5.33. The summed E-state index contributed by atoms with van der Waals surface area (Å²) in [7, 11) is 0. The molecule has 4 nitrogen and oxygen atoms in total. The van der Waals surface area contributed by atoms with Crippen molar-refractivity contribution in [1.29, 1.82) is 0 Å². The van der Waals surface area contributed by atoms with E-state index in [4.69, 9.17) is 4.42 Å². The van der Waals surface area contributed by atoms with Crippen LogP contribution in [0.1, 0.15) is 25.5 Å². The first-order chi connectivity index (χ1) is 9.33. The van der Waals surface area contributed by atoms with Gasteiger partial charge in [-0.15, -0.1) is 0 Å². The molecule has 2 unspecified atom stereocenters. The second-order valence-electron chi connectivity index (χ2n) is 5.89. The molecule has 2 fully saturated rings. The lowest BCUT2D eigenvalue weighted by Crippen LogP contribution is -2.54. The van der Waals surface area contributed by atoms with E-state index >= 15 is 0 Å². The molecule has 3 rings (SSSR count). The fraction of sp³-hybridized carbons (Fsp3) is 0.733. The number of rotatable bonds is 5. The standard InChI is InChI=1S/C15H25N3O/c1-13(10-16-11-15-5-3-9-19-15)18-8-7-17-6-2-4-14(17)12-18/h3,5,9,13-14,16H,2,4,6-8,10-12H2,1H3. The summed E-state index contributed by atoms with van der Waals surface area (Å²) in [5, 5.41) is 3.50. The molecule has 0 spiro atoms. The molecule has 0 aliphatic carbocycles. The molecule has 19 heavy (non-hydrogen) atoms. The maximum absolute atomic E-state index is 5.33. The van der Waals surface area contributed by atoms with Gasteiger partial charge >= 0.3 is 0 Å². The fourth-order valence-electron chi connectivity index (χ4n) is 3.36. The number of piperazine rings is 1. The van der Waals surface area contributed by atoms with Crippen molar-refractivity contribution >= 4 is 0 Å². The Morgan fingerprint density at radius 2 is 2.37 bits per heavy atom. The summed E-state index contributed by atoms with van der Waals surface area (Å²) in [5.41, 5.74) is 0. The summed E-state index contributed by atoms with van der Waals surface area (Å²) in [6, 6.07) is 5.40. The number of furan rings is 1. The third-order valence-electron chi connectivity index (χ3n) is 4.56. The van der Waals surface area contributed by atoms with Crippen molar-refractivity contribution in [2.75, 3.05) is 32.7 Å². The van der Waals surface area contributed by atoms with Crippen LogP contribution >= 0.6 is 0 Å². The molecule has 1 aromatic heterocycles. The first kappa shape index (κ1) is 13.2. The topological polar surface area (TPSA) is 31.7 Å². The molecule has 2 aliphatic heterocycles. The number of nitrogens with zero attached hydrogens (tertiary/aromatic N) is 2. The summed E-state index contributed by atoms with van der Waals surface area (Å²) in [6.07, 6.45) is 4.52. The van der Waals surface area contributed by atoms with Crippen molar-refractivity contribution in [2.45, 2.75) is 38.4 Å². The second-order valence-corrected chi connectivity index (χ2v) is 5.89. The monoisotopic (exact) mass is 263 g/mol. The first-order valence-electron chi connectivity index (χ1n) is 7.54. The molecule has 0 bridgehead atoms. The van der Waals surface area contributed by atoms with Crippen LogP contribution in [-0.2, 0) is 6.54 Å². The molecule has 1 N–H and O–H groups in total. The van der Waals surface area contributed by atoms with Crippen LogP contribution in [0.2, 0.25) is 0 Å². The zero-order valence-electron chi connectivity index (χ0n) is 11.8. The second kappa shape index (κ2) is 6.07. The number of nitrogens with one attached hydrogen (secondary N) is 1. The summed E-state index contributed by atoms with van der Waals surface area (Å²) in [4.78, 5) is 5.31. The lowest BCUT2D eigenvalue weighted by molar-refractivity contribution is 0.0766. The SMILES string of the molecule is CC(CNCc1ccco1)N1CCN2CCCC2C1. The van der Waals surface area contributed by atoms with Gasteiger partial charge in [0, 0.05) is 38.3 Å². The molecular formula is C15H25N3O. The normalized spacial score (nSPS) is 26.5. The van der Waals surface area contributed by atoms with E-state index in [0.29, 0.717) is 6.04 Å². The van der Waals surface area contributed by atoms with Crippen LogP contribution in [0.4, 0.5) is 0 Å². The maximum atomic E-state index is 5.33. The molecule has 2 saturated heterocycles. The lowest BCUT2D eigenvalue weighted by atomic mass is 10.1. The van der Waals surface area contributed by atoms with Gasteiger partial charge in [0.2, 0.25) is 0 Å². The molecule has 0 saturated carbocycles. The van der Waals surface area contributed by atoms with E-state index in [-0.39, 0.29) is 0 Å². The summed E-state index contributed by atoms with van der Waals surface area (Å²) in [5.74, 6) is 1.02. The van der Waals surface area contributed by atoms with Crippen LogP contribution in [-0.4, -0.2) is 54.6 Å². The Morgan fingerprint density at radius 1 is 1.42 bits per heavy atom. The highest BCUT2D eigenvalue weighted by Gasteiger charge is 2.31. The van der Waals surface area contributed by atoms with E-state index in [0.717, 1.165) is 24.9 Å². The highest BCUT2D eigenvalue weighted by Crippen LogP contribution is 2.22. The predicted octanol–water partition coefficient (Wildman–Crippen LogP) is 1.54. The Morgan fingerprint density at radius 3 is 3.21 bits per heavy atom. The van der Waals surface area contributed by atoms with Crippen molar-refractivity contribution in [3.05, 3.63) is 24.2 Å². The predicted molar refractivity (Wildman–Crippen MR) is 76.0 cm³/mol. The van der Waals surface area contributed by atoms with Crippen molar-refractivity contribution < 1.29 is 4.42 Å². The van der Waals surface area contributed by atoms with Gasteiger partial charge in [-0.05, 0) is 38.4 Å². The third kappa shape index (κ3) is 3.19. The van der Waals surface area contributed by atoms with Gasteiger partial charge in [-0.2, -0.15) is 0 Å². The number of hydrogen-bond donors (Lipinski definition) is 1. The lowest BCUT2D eigenvalue weighted by Gasteiger charge is -2.40. The van der Waals surface area contributed by atoms with E-state index in [1.807, 2.05) is 12.1 Å². The number of hydrogen-bond acceptors (Lipinski definition) is 4. The molecule has 4 heteroatoms. The van der Waals surface area contributed by atoms with Crippen molar-refractivity contribution in [2.24, 2.45) is 0 Å². The Balaban J connectivity index is 1.41. The third-order valence-corrected chi connectivity index (χ3v) is 4.56. The van der Waals surface area contributed by atoms with Gasteiger partial charge in [0.05, 0.1) is 12.8 Å². The zero-order valence-corrected chi connectivity index (χ0v) is 11.8. The average molecular weight is 263 g/mol. The molecule has 0 amide bonds. The Labute approximate surface area is 115 Å². The molecule has 106 valence electrons. The Bertz CT molecular complexity index is 379. The van der Waals surface area contributed by atoms with Gasteiger partial charge < -0.3 is 9.73 Å². The van der Waals surface area contributed by atoms with E-state index < -0.39 is 0 Å². The molecule has 3 heterocycles. The summed E-state index contributed by atoms with van der Waals surface area (Å²) in [6.45, 7) is 9.26. The van der Waals surface area contributed by atoms with E-state index in [9.17, 15) is 0 Å². The van der Waals surface area contributed by atoms with Gasteiger partial charge in [-0.1, -0.05) is 0 Å². The molecule has 0 radical (unpaired) electrons. The fourth-order valence-corrected chi connectivity index (χ4v) is 3.36. The van der Waals surface area contributed by atoms with Crippen molar-refractivity contribution in [1.82, 2.24) is 15.1 Å². The van der Waals surface area contributed by atoms with E-state index in [2.05, 4.69) is 22.0 Å². The van der Waals surface area contributed by atoms with Crippen LogP contribution in [0, 0.1) is 0 Å². The maximum Gasteiger partial charge on any atom is 0.117 e. The number of fused-ring (bicyclic) bond motifs is 1.